The summed E-state index contributed by atoms with van der Waals surface area (Å²) in [5.41, 5.74) is 0.421. The number of carbonyl (C=O) groups is 1. The van der Waals surface area contributed by atoms with Gasteiger partial charge in [0.2, 0.25) is 15.9 Å². The van der Waals surface area contributed by atoms with E-state index >= 15 is 0 Å². The zero-order chi connectivity index (χ0) is 18.2. The van der Waals surface area contributed by atoms with Crippen molar-refractivity contribution < 1.29 is 26.4 Å². The molecule has 0 bridgehead atoms. The number of hydrogen-bond donors (Lipinski definition) is 1. The number of halogens is 3. The van der Waals surface area contributed by atoms with Gasteiger partial charge in [-0.05, 0) is 42.5 Å². The summed E-state index contributed by atoms with van der Waals surface area (Å²) >= 11 is 0. The van der Waals surface area contributed by atoms with E-state index in [-0.39, 0.29) is 18.9 Å². The van der Waals surface area contributed by atoms with Crippen molar-refractivity contribution >= 4 is 21.6 Å². The fourth-order valence-corrected chi connectivity index (χ4v) is 3.94. The minimum Gasteiger partial charge on any atom is -0.311 e. The molecule has 1 unspecified atom stereocenters. The molecule has 0 radical (unpaired) electrons. The van der Waals surface area contributed by atoms with Gasteiger partial charge in [0.15, 0.2) is 0 Å². The standard InChI is InChI=1S/C16H13F3N2O3S/c17-10-1-4-13(5-2-10)21-9-12(8-16(21)22)20-25(23,24)15-7-11(18)3-6-14(15)19/h1-7,12,20H,8-9H2. The average molecular weight is 370 g/mol. The maximum Gasteiger partial charge on any atom is 0.243 e. The van der Waals surface area contributed by atoms with E-state index in [1.807, 2.05) is 0 Å². The molecule has 1 amide bonds. The van der Waals surface area contributed by atoms with Crippen molar-refractivity contribution in [1.82, 2.24) is 4.72 Å². The summed E-state index contributed by atoms with van der Waals surface area (Å²) in [4.78, 5) is 12.6. The molecule has 0 saturated carbocycles. The predicted molar refractivity (Wildman–Crippen MR) is 83.8 cm³/mol. The van der Waals surface area contributed by atoms with Crippen LogP contribution in [0.25, 0.3) is 0 Å². The highest BCUT2D eigenvalue weighted by atomic mass is 32.2. The molecule has 132 valence electrons. The molecule has 1 fully saturated rings. The largest absolute Gasteiger partial charge is 0.311 e. The third-order valence-electron chi connectivity index (χ3n) is 3.77. The number of sulfonamides is 1. The zero-order valence-corrected chi connectivity index (χ0v) is 13.6. The normalized spacial score (nSPS) is 18.0. The Morgan fingerprint density at radius 2 is 1.64 bits per heavy atom. The number of carbonyl (C=O) groups excluding carboxylic acids is 1. The zero-order valence-electron chi connectivity index (χ0n) is 12.7. The quantitative estimate of drug-likeness (QED) is 0.897. The predicted octanol–water partition coefficient (Wildman–Crippen LogP) is 2.19. The maximum atomic E-state index is 13.7. The van der Waals surface area contributed by atoms with Crippen LogP contribution in [0.15, 0.2) is 47.4 Å². The van der Waals surface area contributed by atoms with Crippen LogP contribution in [0, 0.1) is 17.5 Å². The van der Waals surface area contributed by atoms with Gasteiger partial charge in [0, 0.05) is 24.7 Å². The second kappa shape index (κ2) is 6.49. The van der Waals surface area contributed by atoms with Crippen LogP contribution in [-0.2, 0) is 14.8 Å². The van der Waals surface area contributed by atoms with Crippen LogP contribution < -0.4 is 9.62 Å². The Bertz CT molecular complexity index is 917. The summed E-state index contributed by atoms with van der Waals surface area (Å²) in [5.74, 6) is -2.81. The Kier molecular flexibility index (Phi) is 4.53. The lowest BCUT2D eigenvalue weighted by atomic mass is 10.3. The van der Waals surface area contributed by atoms with E-state index in [9.17, 15) is 26.4 Å². The van der Waals surface area contributed by atoms with Crippen LogP contribution in [-0.4, -0.2) is 26.9 Å². The Balaban J connectivity index is 1.79. The van der Waals surface area contributed by atoms with Crippen molar-refractivity contribution in [2.75, 3.05) is 11.4 Å². The van der Waals surface area contributed by atoms with Crippen molar-refractivity contribution in [1.29, 1.82) is 0 Å². The summed E-state index contributed by atoms with van der Waals surface area (Å²) in [6.07, 6.45) is -0.145. The van der Waals surface area contributed by atoms with E-state index in [1.165, 1.54) is 29.2 Å². The van der Waals surface area contributed by atoms with Gasteiger partial charge in [0.05, 0.1) is 0 Å². The molecule has 0 aliphatic carbocycles. The van der Waals surface area contributed by atoms with E-state index in [0.717, 1.165) is 6.07 Å². The van der Waals surface area contributed by atoms with Crippen molar-refractivity contribution in [3.05, 3.63) is 59.9 Å². The summed E-state index contributed by atoms with van der Waals surface area (Å²) in [6.45, 7) is 0.000625. The summed E-state index contributed by atoms with van der Waals surface area (Å²) in [5, 5.41) is 0. The lowest BCUT2D eigenvalue weighted by Crippen LogP contribution is -2.37. The number of anilines is 1. The summed E-state index contributed by atoms with van der Waals surface area (Å²) in [7, 11) is -4.34. The Morgan fingerprint density at radius 1 is 1.00 bits per heavy atom. The first-order valence-corrected chi connectivity index (χ1v) is 8.78. The molecule has 2 aromatic carbocycles. The monoisotopic (exact) mass is 370 g/mol. The van der Waals surface area contributed by atoms with Crippen molar-refractivity contribution in [3.8, 4) is 0 Å². The molecular weight excluding hydrogens is 357 g/mol. The Morgan fingerprint density at radius 3 is 2.32 bits per heavy atom. The molecule has 1 atom stereocenters. The highest BCUT2D eigenvalue weighted by molar-refractivity contribution is 7.89. The third-order valence-corrected chi connectivity index (χ3v) is 5.30. The molecule has 1 aliphatic heterocycles. The van der Waals surface area contributed by atoms with Crippen molar-refractivity contribution in [3.63, 3.8) is 0 Å². The molecule has 1 saturated heterocycles. The molecule has 0 aromatic heterocycles. The SMILES string of the molecule is O=C1CC(NS(=O)(=O)c2cc(F)ccc2F)CN1c1ccc(F)cc1. The van der Waals surface area contributed by atoms with E-state index in [1.54, 1.807) is 0 Å². The molecule has 5 nitrogen and oxygen atoms in total. The van der Waals surface area contributed by atoms with Crippen LogP contribution in [0.2, 0.25) is 0 Å². The summed E-state index contributed by atoms with van der Waals surface area (Å²) in [6, 6.07) is 6.45. The lowest BCUT2D eigenvalue weighted by molar-refractivity contribution is -0.117. The highest BCUT2D eigenvalue weighted by Gasteiger charge is 2.34. The molecule has 9 heteroatoms. The lowest BCUT2D eigenvalue weighted by Gasteiger charge is -2.17. The van der Waals surface area contributed by atoms with Crippen LogP contribution in [0.1, 0.15) is 6.42 Å². The van der Waals surface area contributed by atoms with E-state index < -0.39 is 38.4 Å². The van der Waals surface area contributed by atoms with E-state index in [0.29, 0.717) is 17.8 Å². The van der Waals surface area contributed by atoms with Gasteiger partial charge in [-0.25, -0.2) is 26.3 Å². The van der Waals surface area contributed by atoms with E-state index in [4.69, 9.17) is 0 Å². The van der Waals surface area contributed by atoms with Gasteiger partial charge in [-0.15, -0.1) is 0 Å². The molecule has 1 N–H and O–H groups in total. The second-order valence-electron chi connectivity index (χ2n) is 5.58. The molecule has 25 heavy (non-hydrogen) atoms. The molecule has 2 aromatic rings. The van der Waals surface area contributed by atoms with Gasteiger partial charge in [-0.2, -0.15) is 0 Å². The number of hydrogen-bond acceptors (Lipinski definition) is 3. The van der Waals surface area contributed by atoms with Crippen LogP contribution in [0.4, 0.5) is 18.9 Å². The number of benzene rings is 2. The van der Waals surface area contributed by atoms with Gasteiger partial charge in [-0.1, -0.05) is 0 Å². The second-order valence-corrected chi connectivity index (χ2v) is 7.26. The molecule has 1 aliphatic rings. The average Bonchev–Trinajstić information content (AvgIpc) is 2.90. The van der Waals surface area contributed by atoms with Crippen molar-refractivity contribution in [2.24, 2.45) is 0 Å². The number of rotatable bonds is 4. The van der Waals surface area contributed by atoms with Gasteiger partial charge in [0.25, 0.3) is 0 Å². The van der Waals surface area contributed by atoms with E-state index in [2.05, 4.69) is 4.72 Å². The third kappa shape index (κ3) is 3.67. The number of nitrogens with one attached hydrogen (secondary N) is 1. The topological polar surface area (TPSA) is 66.5 Å². The van der Waals surface area contributed by atoms with Gasteiger partial charge in [-0.3, -0.25) is 4.79 Å². The fourth-order valence-electron chi connectivity index (χ4n) is 2.62. The van der Waals surface area contributed by atoms with Crippen molar-refractivity contribution in [2.45, 2.75) is 17.4 Å². The number of amides is 1. The van der Waals surface area contributed by atoms with Gasteiger partial charge in [0.1, 0.15) is 22.3 Å². The molecule has 1 heterocycles. The molecule has 3 rings (SSSR count). The smallest absolute Gasteiger partial charge is 0.243 e. The first kappa shape index (κ1) is 17.4. The summed E-state index contributed by atoms with van der Waals surface area (Å²) < 4.78 is 66.6. The fraction of sp³-hybridized carbons (Fsp3) is 0.188. The van der Waals surface area contributed by atoms with Gasteiger partial charge < -0.3 is 4.90 Å². The van der Waals surface area contributed by atoms with Gasteiger partial charge >= 0.3 is 0 Å². The van der Waals surface area contributed by atoms with Crippen LogP contribution in [0.3, 0.4) is 0 Å². The number of nitrogens with zero attached hydrogens (tertiary/aromatic N) is 1. The molecular formula is C16H13F3N2O3S. The Labute approximate surface area is 142 Å². The minimum atomic E-state index is -4.34. The Hall–Kier alpha value is -2.39. The molecule has 0 spiro atoms. The minimum absolute atomic E-state index is 0.000625. The maximum absolute atomic E-state index is 13.7. The van der Waals surface area contributed by atoms with Crippen LogP contribution in [0.5, 0.6) is 0 Å². The first-order valence-electron chi connectivity index (χ1n) is 7.29. The highest BCUT2D eigenvalue weighted by Crippen LogP contribution is 2.23. The van der Waals surface area contributed by atoms with Crippen LogP contribution >= 0.6 is 0 Å². The first-order chi connectivity index (χ1) is 11.8.